The Hall–Kier alpha value is -3.67. The van der Waals surface area contributed by atoms with Crippen LogP contribution in [0.1, 0.15) is 16.1 Å². The van der Waals surface area contributed by atoms with Crippen LogP contribution < -0.4 is 10.6 Å². The Kier molecular flexibility index (Phi) is 5.01. The molecule has 3 N–H and O–H groups in total. The molecule has 140 valence electrons. The number of para-hydroxylation sites is 1. The van der Waals surface area contributed by atoms with Crippen molar-refractivity contribution in [2.45, 2.75) is 6.42 Å². The Balaban J connectivity index is 1.37. The number of H-pyrrole nitrogens is 1. The topological polar surface area (TPSA) is 69.8 Å². The van der Waals surface area contributed by atoms with Gasteiger partial charge in [0.05, 0.1) is 0 Å². The molecular weight excluding hydrogens is 355 g/mol. The summed E-state index contributed by atoms with van der Waals surface area (Å²) in [5.74, 6) is -0.529. The highest BCUT2D eigenvalue weighted by molar-refractivity contribution is 5.93. The lowest BCUT2D eigenvalue weighted by molar-refractivity contribution is 0.0949. The molecule has 0 spiro atoms. The lowest BCUT2D eigenvalue weighted by Gasteiger charge is -2.08. The van der Waals surface area contributed by atoms with Gasteiger partial charge < -0.3 is 15.6 Å². The Morgan fingerprint density at radius 3 is 2.71 bits per heavy atom. The summed E-state index contributed by atoms with van der Waals surface area (Å²) in [5.41, 5.74) is 4.02. The summed E-state index contributed by atoms with van der Waals surface area (Å²) < 4.78 is 13.0. The average molecular weight is 374 g/mol. The van der Waals surface area contributed by atoms with E-state index in [-0.39, 0.29) is 11.7 Å². The number of nitrogens with zero attached hydrogens (tertiary/aromatic N) is 1. The molecule has 0 bridgehead atoms. The van der Waals surface area contributed by atoms with Gasteiger partial charge in [-0.25, -0.2) is 4.39 Å². The zero-order chi connectivity index (χ0) is 19.3. The number of aromatic amines is 1. The third-order valence-electron chi connectivity index (χ3n) is 4.48. The largest absolute Gasteiger partial charge is 0.361 e. The van der Waals surface area contributed by atoms with Crippen LogP contribution in [-0.2, 0) is 6.42 Å². The van der Waals surface area contributed by atoms with Crippen molar-refractivity contribution >= 4 is 28.2 Å². The van der Waals surface area contributed by atoms with Crippen LogP contribution in [0.4, 0.5) is 15.8 Å². The van der Waals surface area contributed by atoms with E-state index < -0.39 is 0 Å². The Morgan fingerprint density at radius 2 is 1.86 bits per heavy atom. The second kappa shape index (κ2) is 7.92. The van der Waals surface area contributed by atoms with Gasteiger partial charge in [-0.15, -0.1) is 0 Å². The van der Waals surface area contributed by atoms with Gasteiger partial charge in [0, 0.05) is 41.2 Å². The maximum absolute atomic E-state index is 13.0. The van der Waals surface area contributed by atoms with E-state index in [2.05, 4.69) is 26.7 Å². The molecule has 0 aliphatic carbocycles. The first-order chi connectivity index (χ1) is 13.7. The molecule has 28 heavy (non-hydrogen) atoms. The molecule has 0 saturated heterocycles. The van der Waals surface area contributed by atoms with Crippen molar-refractivity contribution in [1.29, 1.82) is 0 Å². The molecule has 4 rings (SSSR count). The van der Waals surface area contributed by atoms with Crippen molar-refractivity contribution < 1.29 is 9.18 Å². The molecule has 2 aromatic heterocycles. The Bertz CT molecular complexity index is 1100. The van der Waals surface area contributed by atoms with Gasteiger partial charge in [-0.05, 0) is 54.4 Å². The maximum atomic E-state index is 13.0. The maximum Gasteiger partial charge on any atom is 0.269 e. The monoisotopic (exact) mass is 374 g/mol. The van der Waals surface area contributed by atoms with E-state index in [0.717, 1.165) is 23.2 Å². The van der Waals surface area contributed by atoms with Gasteiger partial charge in [-0.1, -0.05) is 18.2 Å². The van der Waals surface area contributed by atoms with Crippen molar-refractivity contribution in [3.05, 3.63) is 90.1 Å². The van der Waals surface area contributed by atoms with Gasteiger partial charge in [-0.2, -0.15) is 0 Å². The molecule has 0 aliphatic heterocycles. The standard InChI is InChI=1S/C22H19FN4O/c23-16-5-7-17(8-6-16)27-18-10-12-24-21(13-18)22(28)25-11-9-15-14-26-20-4-2-1-3-19(15)20/h1-8,10,12-14,26H,9,11H2,(H,24,27)(H,25,28). The van der Waals surface area contributed by atoms with Gasteiger partial charge in [0.15, 0.2) is 0 Å². The van der Waals surface area contributed by atoms with Crippen LogP contribution in [0.25, 0.3) is 10.9 Å². The highest BCUT2D eigenvalue weighted by Crippen LogP contribution is 2.18. The fourth-order valence-electron chi connectivity index (χ4n) is 3.07. The highest BCUT2D eigenvalue weighted by Gasteiger charge is 2.09. The second-order valence-corrected chi connectivity index (χ2v) is 6.43. The number of pyridine rings is 1. The van der Waals surface area contributed by atoms with E-state index in [1.165, 1.54) is 17.5 Å². The first-order valence-electron chi connectivity index (χ1n) is 9.01. The molecule has 0 aliphatic rings. The van der Waals surface area contributed by atoms with E-state index in [9.17, 15) is 9.18 Å². The van der Waals surface area contributed by atoms with E-state index in [1.807, 2.05) is 24.4 Å². The summed E-state index contributed by atoms with van der Waals surface area (Å²) in [6.45, 7) is 0.512. The molecule has 0 saturated carbocycles. The number of hydrogen-bond donors (Lipinski definition) is 3. The summed E-state index contributed by atoms with van der Waals surface area (Å²) in [7, 11) is 0. The first-order valence-corrected chi connectivity index (χ1v) is 9.01. The van der Waals surface area contributed by atoms with E-state index in [0.29, 0.717) is 17.9 Å². The van der Waals surface area contributed by atoms with Gasteiger partial charge >= 0.3 is 0 Å². The summed E-state index contributed by atoms with van der Waals surface area (Å²) >= 11 is 0. The minimum atomic E-state index is -0.296. The number of amides is 1. The Morgan fingerprint density at radius 1 is 1.04 bits per heavy atom. The Labute approximate surface area is 161 Å². The predicted molar refractivity (Wildman–Crippen MR) is 108 cm³/mol. The number of rotatable bonds is 6. The van der Waals surface area contributed by atoms with Gasteiger partial charge in [0.25, 0.3) is 5.91 Å². The first kappa shape index (κ1) is 17.7. The number of carbonyl (C=O) groups excluding carboxylic acids is 1. The van der Waals surface area contributed by atoms with E-state index in [4.69, 9.17) is 0 Å². The second-order valence-electron chi connectivity index (χ2n) is 6.43. The smallest absolute Gasteiger partial charge is 0.269 e. The van der Waals surface area contributed by atoms with Crippen LogP contribution in [0, 0.1) is 5.82 Å². The molecule has 5 nitrogen and oxygen atoms in total. The number of halogens is 1. The van der Waals surface area contributed by atoms with Gasteiger partial charge in [-0.3, -0.25) is 9.78 Å². The number of hydrogen-bond acceptors (Lipinski definition) is 3. The molecular formula is C22H19FN4O. The third kappa shape index (κ3) is 4.01. The van der Waals surface area contributed by atoms with Crippen molar-refractivity contribution in [3.8, 4) is 0 Å². The lowest BCUT2D eigenvalue weighted by atomic mass is 10.1. The molecule has 0 atom stereocenters. The molecule has 4 aromatic rings. The molecule has 6 heteroatoms. The van der Waals surface area contributed by atoms with Crippen molar-refractivity contribution in [1.82, 2.24) is 15.3 Å². The molecule has 0 unspecified atom stereocenters. The van der Waals surface area contributed by atoms with Crippen LogP contribution >= 0.6 is 0 Å². The third-order valence-corrected chi connectivity index (χ3v) is 4.48. The number of fused-ring (bicyclic) bond motifs is 1. The SMILES string of the molecule is O=C(NCCc1c[nH]c2ccccc12)c1cc(Nc2ccc(F)cc2)ccn1. The normalized spacial score (nSPS) is 10.8. The number of aromatic nitrogens is 2. The number of benzene rings is 2. The van der Waals surface area contributed by atoms with Gasteiger partial charge in [0.1, 0.15) is 11.5 Å². The van der Waals surface area contributed by atoms with Crippen LogP contribution in [-0.4, -0.2) is 22.4 Å². The number of anilines is 2. The molecule has 1 amide bonds. The minimum Gasteiger partial charge on any atom is -0.361 e. The van der Waals surface area contributed by atoms with E-state index >= 15 is 0 Å². The van der Waals surface area contributed by atoms with Crippen LogP contribution in [0.15, 0.2) is 73.1 Å². The number of carbonyl (C=O) groups is 1. The summed E-state index contributed by atoms with van der Waals surface area (Å²) in [5, 5.41) is 7.21. The average Bonchev–Trinajstić information content (AvgIpc) is 3.13. The molecule has 2 heterocycles. The number of nitrogens with one attached hydrogen (secondary N) is 3. The summed E-state index contributed by atoms with van der Waals surface area (Å²) in [4.78, 5) is 19.8. The van der Waals surface area contributed by atoms with Gasteiger partial charge in [0.2, 0.25) is 0 Å². The summed E-state index contributed by atoms with van der Waals surface area (Å²) in [6.07, 6.45) is 4.27. The lowest BCUT2D eigenvalue weighted by Crippen LogP contribution is -2.26. The highest BCUT2D eigenvalue weighted by atomic mass is 19.1. The zero-order valence-corrected chi connectivity index (χ0v) is 15.1. The fourth-order valence-corrected chi connectivity index (χ4v) is 3.07. The minimum absolute atomic E-state index is 0.234. The van der Waals surface area contributed by atoms with Crippen LogP contribution in [0.2, 0.25) is 0 Å². The van der Waals surface area contributed by atoms with Crippen molar-refractivity contribution in [2.75, 3.05) is 11.9 Å². The predicted octanol–water partition coefficient (Wildman–Crippen LogP) is 4.42. The van der Waals surface area contributed by atoms with E-state index in [1.54, 1.807) is 30.5 Å². The quantitative estimate of drug-likeness (QED) is 0.468. The van der Waals surface area contributed by atoms with Crippen molar-refractivity contribution in [2.24, 2.45) is 0 Å². The zero-order valence-electron chi connectivity index (χ0n) is 15.1. The van der Waals surface area contributed by atoms with Crippen LogP contribution in [0.5, 0.6) is 0 Å². The molecule has 2 aromatic carbocycles. The van der Waals surface area contributed by atoms with Crippen LogP contribution in [0.3, 0.4) is 0 Å². The fraction of sp³-hybridized carbons (Fsp3) is 0.0909. The summed E-state index contributed by atoms with van der Waals surface area (Å²) in [6, 6.07) is 17.5. The molecule has 0 radical (unpaired) electrons. The molecule has 0 fully saturated rings. The van der Waals surface area contributed by atoms with Crippen molar-refractivity contribution in [3.63, 3.8) is 0 Å².